The van der Waals surface area contributed by atoms with Crippen LogP contribution >= 0.6 is 0 Å². The summed E-state index contributed by atoms with van der Waals surface area (Å²) in [4.78, 5) is 12.0. The molecular weight excluding hydrogens is 238 g/mol. The van der Waals surface area contributed by atoms with Gasteiger partial charge in [-0.3, -0.25) is 4.99 Å². The maximum absolute atomic E-state index is 5.13. The van der Waals surface area contributed by atoms with Crippen LogP contribution in [0.2, 0.25) is 0 Å². The highest BCUT2D eigenvalue weighted by atomic mass is 16.5. The summed E-state index contributed by atoms with van der Waals surface area (Å²) < 4.78 is 5.13. The lowest BCUT2D eigenvalue weighted by Crippen LogP contribution is -1.90. The van der Waals surface area contributed by atoms with Crippen LogP contribution < -0.4 is 4.74 Å². The van der Waals surface area contributed by atoms with E-state index in [4.69, 9.17) is 4.74 Å². The van der Waals surface area contributed by atoms with Gasteiger partial charge in [-0.15, -0.1) is 0 Å². The second kappa shape index (κ2) is 5.26. The maximum Gasteiger partial charge on any atom is 0.118 e. The first-order valence-corrected chi connectivity index (χ1v) is 6.53. The number of aromatic nitrogens is 2. The zero-order valence-electron chi connectivity index (χ0n) is 11.0. The number of rotatable bonds is 5. The van der Waals surface area contributed by atoms with E-state index >= 15 is 0 Å². The second-order valence-corrected chi connectivity index (χ2v) is 4.79. The molecule has 1 aromatic heterocycles. The monoisotopic (exact) mass is 255 g/mol. The van der Waals surface area contributed by atoms with Crippen molar-refractivity contribution in [2.45, 2.75) is 25.3 Å². The van der Waals surface area contributed by atoms with Crippen molar-refractivity contribution in [1.29, 1.82) is 0 Å². The molecule has 2 aromatic rings. The van der Waals surface area contributed by atoms with Crippen molar-refractivity contribution in [2.24, 2.45) is 4.99 Å². The number of nitrogens with zero attached hydrogens (tertiary/aromatic N) is 2. The molecule has 0 saturated heterocycles. The van der Waals surface area contributed by atoms with E-state index in [0.717, 1.165) is 11.4 Å². The fourth-order valence-electron chi connectivity index (χ4n) is 2.07. The van der Waals surface area contributed by atoms with E-state index in [0.29, 0.717) is 12.5 Å². The van der Waals surface area contributed by atoms with Gasteiger partial charge < -0.3 is 9.72 Å². The minimum absolute atomic E-state index is 0.647. The number of imidazole rings is 1. The summed E-state index contributed by atoms with van der Waals surface area (Å²) in [6, 6.07) is 7.98. The molecule has 3 rings (SSSR count). The Labute approximate surface area is 112 Å². The molecule has 4 heteroatoms. The topological polar surface area (TPSA) is 50.3 Å². The highest BCUT2D eigenvalue weighted by Gasteiger charge is 2.27. The lowest BCUT2D eigenvalue weighted by Gasteiger charge is -2.00. The third-order valence-electron chi connectivity index (χ3n) is 3.32. The average molecular weight is 255 g/mol. The summed E-state index contributed by atoms with van der Waals surface area (Å²) in [7, 11) is 1.67. The summed E-state index contributed by atoms with van der Waals surface area (Å²) >= 11 is 0. The summed E-state index contributed by atoms with van der Waals surface area (Å²) in [5.41, 5.74) is 3.39. The zero-order valence-corrected chi connectivity index (χ0v) is 11.0. The predicted octanol–water partition coefficient (Wildman–Crippen LogP) is 2.91. The number of H-pyrrole nitrogens is 1. The molecule has 1 aliphatic carbocycles. The molecule has 4 nitrogen and oxygen atoms in total. The minimum Gasteiger partial charge on any atom is -0.497 e. The summed E-state index contributed by atoms with van der Waals surface area (Å²) in [6.07, 6.45) is 6.15. The van der Waals surface area contributed by atoms with Crippen molar-refractivity contribution >= 4 is 6.21 Å². The average Bonchev–Trinajstić information content (AvgIpc) is 3.19. The molecule has 0 amide bonds. The van der Waals surface area contributed by atoms with Gasteiger partial charge in [0.2, 0.25) is 0 Å². The number of hydrogen-bond donors (Lipinski definition) is 1. The van der Waals surface area contributed by atoms with Crippen LogP contribution in [0.1, 0.15) is 35.7 Å². The van der Waals surface area contributed by atoms with E-state index in [1.165, 1.54) is 24.1 Å². The molecule has 19 heavy (non-hydrogen) atoms. The number of aliphatic imine (C=N–C) groups is 1. The van der Waals surface area contributed by atoms with Crippen LogP contribution in [0.25, 0.3) is 0 Å². The van der Waals surface area contributed by atoms with Crippen molar-refractivity contribution in [3.05, 3.63) is 47.5 Å². The van der Waals surface area contributed by atoms with Gasteiger partial charge in [0.15, 0.2) is 0 Å². The lowest BCUT2D eigenvalue weighted by atomic mass is 10.2. The number of hydrogen-bond acceptors (Lipinski definition) is 3. The molecule has 0 atom stereocenters. The standard InChI is InChI=1S/C15H17N3O/c1-19-13-6-2-11(3-7-13)8-16-9-14-15(12-4-5-12)18-10-17-14/h2-3,6-7,9-10,12H,4-5,8H2,1H3,(H,17,18)/b16-9-. The molecule has 1 saturated carbocycles. The lowest BCUT2D eigenvalue weighted by molar-refractivity contribution is 0.414. The highest BCUT2D eigenvalue weighted by molar-refractivity contribution is 5.79. The molecule has 0 unspecified atom stereocenters. The second-order valence-electron chi connectivity index (χ2n) is 4.79. The minimum atomic E-state index is 0.647. The van der Waals surface area contributed by atoms with E-state index in [2.05, 4.69) is 15.0 Å². The first-order chi connectivity index (χ1) is 9.36. The molecule has 0 bridgehead atoms. The van der Waals surface area contributed by atoms with Gasteiger partial charge in [-0.25, -0.2) is 4.98 Å². The molecule has 0 radical (unpaired) electrons. The number of ether oxygens (including phenoxy) is 1. The van der Waals surface area contributed by atoms with Crippen LogP contribution in [0.3, 0.4) is 0 Å². The smallest absolute Gasteiger partial charge is 0.118 e. The van der Waals surface area contributed by atoms with E-state index in [1.807, 2.05) is 30.5 Å². The Morgan fingerprint density at radius 3 is 2.84 bits per heavy atom. The largest absolute Gasteiger partial charge is 0.497 e. The van der Waals surface area contributed by atoms with Crippen LogP contribution in [-0.4, -0.2) is 23.3 Å². The van der Waals surface area contributed by atoms with Crippen LogP contribution in [0.15, 0.2) is 35.6 Å². The Balaban J connectivity index is 1.64. The maximum atomic E-state index is 5.13. The van der Waals surface area contributed by atoms with Crippen molar-refractivity contribution in [2.75, 3.05) is 7.11 Å². The quantitative estimate of drug-likeness (QED) is 0.835. The number of aromatic amines is 1. The molecular formula is C15H17N3O. The van der Waals surface area contributed by atoms with Gasteiger partial charge in [-0.05, 0) is 30.5 Å². The Morgan fingerprint density at radius 1 is 1.37 bits per heavy atom. The van der Waals surface area contributed by atoms with Crippen LogP contribution in [0.5, 0.6) is 5.75 Å². The number of benzene rings is 1. The third-order valence-corrected chi connectivity index (χ3v) is 3.32. The van der Waals surface area contributed by atoms with Crippen LogP contribution in [0, 0.1) is 0 Å². The van der Waals surface area contributed by atoms with Gasteiger partial charge in [0.1, 0.15) is 5.75 Å². The van der Waals surface area contributed by atoms with Gasteiger partial charge in [0, 0.05) is 12.1 Å². The summed E-state index contributed by atoms with van der Waals surface area (Å²) in [5, 5.41) is 0. The molecule has 0 spiro atoms. The summed E-state index contributed by atoms with van der Waals surface area (Å²) in [5.74, 6) is 1.52. The Kier molecular flexibility index (Phi) is 3.31. The van der Waals surface area contributed by atoms with Crippen molar-refractivity contribution in [3.8, 4) is 5.75 Å². The predicted molar refractivity (Wildman–Crippen MR) is 74.9 cm³/mol. The van der Waals surface area contributed by atoms with Crippen molar-refractivity contribution < 1.29 is 4.74 Å². The Bertz CT molecular complexity index is 567. The molecule has 1 heterocycles. The van der Waals surface area contributed by atoms with Crippen molar-refractivity contribution in [3.63, 3.8) is 0 Å². The van der Waals surface area contributed by atoms with Crippen LogP contribution in [0.4, 0.5) is 0 Å². The van der Waals surface area contributed by atoms with Crippen molar-refractivity contribution in [1.82, 2.24) is 9.97 Å². The highest BCUT2D eigenvalue weighted by Crippen LogP contribution is 2.39. The molecule has 0 aliphatic heterocycles. The Morgan fingerprint density at radius 2 is 2.16 bits per heavy atom. The van der Waals surface area contributed by atoms with Gasteiger partial charge >= 0.3 is 0 Å². The fourth-order valence-corrected chi connectivity index (χ4v) is 2.07. The summed E-state index contributed by atoms with van der Waals surface area (Å²) in [6.45, 7) is 0.674. The molecule has 1 fully saturated rings. The SMILES string of the molecule is COc1ccc(C/N=C\c2[nH]cnc2C2CC2)cc1. The zero-order chi connectivity index (χ0) is 13.1. The fraction of sp³-hybridized carbons (Fsp3) is 0.333. The Hall–Kier alpha value is -2.10. The first-order valence-electron chi connectivity index (χ1n) is 6.53. The molecule has 1 aliphatic rings. The number of methoxy groups -OCH3 is 1. The first kappa shape index (κ1) is 12.0. The molecule has 1 aromatic carbocycles. The normalized spacial score (nSPS) is 15.0. The van der Waals surface area contributed by atoms with E-state index in [9.17, 15) is 0 Å². The molecule has 1 N–H and O–H groups in total. The number of nitrogens with one attached hydrogen (secondary N) is 1. The third kappa shape index (κ3) is 2.84. The van der Waals surface area contributed by atoms with Gasteiger partial charge in [0.25, 0.3) is 0 Å². The van der Waals surface area contributed by atoms with E-state index < -0.39 is 0 Å². The molecule has 98 valence electrons. The van der Waals surface area contributed by atoms with Gasteiger partial charge in [-0.2, -0.15) is 0 Å². The van der Waals surface area contributed by atoms with Gasteiger partial charge in [0.05, 0.1) is 31.4 Å². The van der Waals surface area contributed by atoms with E-state index in [-0.39, 0.29) is 0 Å². The van der Waals surface area contributed by atoms with Crippen LogP contribution in [-0.2, 0) is 6.54 Å². The van der Waals surface area contributed by atoms with E-state index in [1.54, 1.807) is 13.4 Å². The van der Waals surface area contributed by atoms with Gasteiger partial charge in [-0.1, -0.05) is 12.1 Å².